The third-order valence-electron chi connectivity index (χ3n) is 13.0. The summed E-state index contributed by atoms with van der Waals surface area (Å²) in [5.41, 5.74) is 8.50. The van der Waals surface area contributed by atoms with Crippen molar-refractivity contribution in [3.8, 4) is 51.0 Å². The number of hydrogen-bond acceptors (Lipinski definition) is 5. The Morgan fingerprint density at radius 2 is 0.923 bits per heavy atom. The van der Waals surface area contributed by atoms with E-state index in [1.807, 2.05) is 29.5 Å². The highest BCUT2D eigenvalue weighted by Crippen LogP contribution is 2.47. The van der Waals surface area contributed by atoms with Crippen LogP contribution < -0.4 is 0 Å². The summed E-state index contributed by atoms with van der Waals surface area (Å²) in [6.45, 7) is 0. The number of thiophene rings is 2. The SMILES string of the molecule is c1ccc(-c2nc(-c3ccc(-n4c5ccccc5c5cc6ccccc6cc54)c(-c4cccc5sc6ccc7ccccc7c6c45)c3)nc(-c3ccc4c(c3)sc3ccccc34)n2)cc1. The molecule has 0 saturated carbocycles. The van der Waals surface area contributed by atoms with E-state index in [2.05, 4.69) is 193 Å². The Hall–Kier alpha value is -8.03. The molecule has 0 N–H and O–H groups in total. The molecule has 0 aliphatic rings. The Balaban J connectivity index is 1.07. The molecule has 14 aromatic rings. The van der Waals surface area contributed by atoms with Crippen molar-refractivity contribution < 1.29 is 0 Å². The van der Waals surface area contributed by atoms with Gasteiger partial charge in [0.05, 0.1) is 16.7 Å². The van der Waals surface area contributed by atoms with Crippen molar-refractivity contribution >= 4 is 106 Å². The predicted molar refractivity (Wildman–Crippen MR) is 277 cm³/mol. The maximum Gasteiger partial charge on any atom is 0.164 e. The van der Waals surface area contributed by atoms with Gasteiger partial charge in [-0.15, -0.1) is 22.7 Å². The number of rotatable bonds is 5. The first-order valence-corrected chi connectivity index (χ1v) is 23.5. The van der Waals surface area contributed by atoms with Crippen LogP contribution in [0.5, 0.6) is 0 Å². The summed E-state index contributed by atoms with van der Waals surface area (Å²) in [6.07, 6.45) is 0. The maximum atomic E-state index is 5.34. The van der Waals surface area contributed by atoms with Crippen molar-refractivity contribution in [2.45, 2.75) is 0 Å². The fraction of sp³-hybridized carbons (Fsp3) is 0. The first-order chi connectivity index (χ1) is 32.2. The molecule has 0 atom stereocenters. The second kappa shape index (κ2) is 14.2. The summed E-state index contributed by atoms with van der Waals surface area (Å²) in [7, 11) is 0. The van der Waals surface area contributed by atoms with Gasteiger partial charge in [-0.1, -0.05) is 146 Å². The number of fused-ring (bicyclic) bond motifs is 12. The standard InChI is InChI=1S/C59H34N4S2/c1-2-14-36(15-3-1)57-60-58(62-59(61-57)40-25-28-44-43-20-9-11-23-51(43)64-54(44)34-40)39-26-29-49(63-48-22-10-8-19-42(48)46-31-37-16-4-5-17-38(37)33-50(46)63)47(32-39)45-21-12-24-52-56(45)55-41-18-7-6-13-35(41)27-30-53(55)65-52/h1-34H. The molecule has 0 radical (unpaired) electrons. The summed E-state index contributed by atoms with van der Waals surface area (Å²) in [5, 5.41) is 12.4. The summed E-state index contributed by atoms with van der Waals surface area (Å²) >= 11 is 3.66. The lowest BCUT2D eigenvalue weighted by atomic mass is 9.94. The molecule has 4 nitrogen and oxygen atoms in total. The van der Waals surface area contributed by atoms with Crippen molar-refractivity contribution in [2.75, 3.05) is 0 Å². The number of benzene rings is 10. The summed E-state index contributed by atoms with van der Waals surface area (Å²) < 4.78 is 7.48. The molecule has 4 aromatic heterocycles. The van der Waals surface area contributed by atoms with Crippen LogP contribution in [-0.4, -0.2) is 19.5 Å². The minimum absolute atomic E-state index is 0.624. The fourth-order valence-corrected chi connectivity index (χ4v) is 12.3. The molecule has 0 saturated heterocycles. The number of hydrogen-bond donors (Lipinski definition) is 0. The van der Waals surface area contributed by atoms with E-state index >= 15 is 0 Å². The molecule has 0 aliphatic carbocycles. The van der Waals surface area contributed by atoms with Crippen molar-refractivity contribution in [3.05, 3.63) is 206 Å². The van der Waals surface area contributed by atoms with Crippen LogP contribution in [-0.2, 0) is 0 Å². The summed E-state index contributed by atoms with van der Waals surface area (Å²) in [5.74, 6) is 1.91. The van der Waals surface area contributed by atoms with Crippen LogP contribution in [0.4, 0.5) is 0 Å². The molecular weight excluding hydrogens is 829 g/mol. The van der Waals surface area contributed by atoms with Gasteiger partial charge in [-0.05, 0) is 87.8 Å². The topological polar surface area (TPSA) is 43.6 Å². The lowest BCUT2D eigenvalue weighted by Crippen LogP contribution is -2.02. The van der Waals surface area contributed by atoms with Gasteiger partial charge in [0.25, 0.3) is 0 Å². The highest BCUT2D eigenvalue weighted by Gasteiger charge is 2.22. The van der Waals surface area contributed by atoms with E-state index in [1.54, 1.807) is 11.3 Å². The van der Waals surface area contributed by atoms with E-state index < -0.39 is 0 Å². The van der Waals surface area contributed by atoms with Gasteiger partial charge in [0.1, 0.15) is 0 Å². The van der Waals surface area contributed by atoms with Gasteiger partial charge in [0.2, 0.25) is 0 Å². The molecular formula is C59H34N4S2. The quantitative estimate of drug-likeness (QED) is 0.173. The molecule has 302 valence electrons. The van der Waals surface area contributed by atoms with Gasteiger partial charge in [0.15, 0.2) is 17.5 Å². The Kier molecular flexibility index (Phi) is 7.99. The van der Waals surface area contributed by atoms with Gasteiger partial charge in [0, 0.05) is 73.4 Å². The lowest BCUT2D eigenvalue weighted by Gasteiger charge is -2.17. The summed E-state index contributed by atoms with van der Waals surface area (Å²) in [4.78, 5) is 15.8. The zero-order valence-electron chi connectivity index (χ0n) is 34.7. The number of para-hydroxylation sites is 1. The second-order valence-corrected chi connectivity index (χ2v) is 18.9. The third kappa shape index (κ3) is 5.71. The van der Waals surface area contributed by atoms with E-state index in [9.17, 15) is 0 Å². The molecule has 4 heterocycles. The number of aromatic nitrogens is 4. The van der Waals surface area contributed by atoms with Crippen LogP contribution in [0.2, 0.25) is 0 Å². The molecule has 0 spiro atoms. The highest BCUT2D eigenvalue weighted by atomic mass is 32.1. The smallest absolute Gasteiger partial charge is 0.164 e. The second-order valence-electron chi connectivity index (χ2n) is 16.7. The molecule has 0 amide bonds. The minimum Gasteiger partial charge on any atom is -0.309 e. The van der Waals surface area contributed by atoms with Gasteiger partial charge < -0.3 is 4.57 Å². The molecule has 65 heavy (non-hydrogen) atoms. The first kappa shape index (κ1) is 36.5. The summed E-state index contributed by atoms with van der Waals surface area (Å²) in [6, 6.07) is 74.6. The molecule has 6 heteroatoms. The van der Waals surface area contributed by atoms with Crippen LogP contribution in [0.3, 0.4) is 0 Å². The van der Waals surface area contributed by atoms with Crippen molar-refractivity contribution in [2.24, 2.45) is 0 Å². The maximum absolute atomic E-state index is 5.34. The van der Waals surface area contributed by atoms with Gasteiger partial charge in [-0.25, -0.2) is 15.0 Å². The van der Waals surface area contributed by atoms with E-state index in [1.165, 1.54) is 78.2 Å². The molecule has 14 rings (SSSR count). The van der Waals surface area contributed by atoms with Gasteiger partial charge in [-0.3, -0.25) is 0 Å². The Labute approximate surface area is 381 Å². The average molecular weight is 863 g/mol. The van der Waals surface area contributed by atoms with E-state index in [0.717, 1.165) is 39.0 Å². The van der Waals surface area contributed by atoms with E-state index in [4.69, 9.17) is 15.0 Å². The molecule has 0 unspecified atom stereocenters. The molecule has 0 bridgehead atoms. The van der Waals surface area contributed by atoms with E-state index in [-0.39, 0.29) is 0 Å². The zero-order valence-corrected chi connectivity index (χ0v) is 36.4. The molecule has 0 aliphatic heterocycles. The average Bonchev–Trinajstić information content (AvgIpc) is 4.05. The predicted octanol–water partition coefficient (Wildman–Crippen LogP) is 16.7. The van der Waals surface area contributed by atoms with Crippen molar-refractivity contribution in [3.63, 3.8) is 0 Å². The Bertz CT molecular complexity index is 4250. The molecule has 10 aromatic carbocycles. The fourth-order valence-electron chi connectivity index (χ4n) is 10.0. The minimum atomic E-state index is 0.624. The van der Waals surface area contributed by atoms with Crippen LogP contribution in [0.15, 0.2) is 206 Å². The third-order valence-corrected chi connectivity index (χ3v) is 15.3. The lowest BCUT2D eigenvalue weighted by molar-refractivity contribution is 1.07. The largest absolute Gasteiger partial charge is 0.309 e. The molecule has 0 fully saturated rings. The van der Waals surface area contributed by atoms with Crippen molar-refractivity contribution in [1.29, 1.82) is 0 Å². The zero-order chi connectivity index (χ0) is 42.6. The van der Waals surface area contributed by atoms with Crippen molar-refractivity contribution in [1.82, 2.24) is 19.5 Å². The van der Waals surface area contributed by atoms with Crippen LogP contribution >= 0.6 is 22.7 Å². The van der Waals surface area contributed by atoms with Crippen LogP contribution in [0.1, 0.15) is 0 Å². The van der Waals surface area contributed by atoms with Gasteiger partial charge >= 0.3 is 0 Å². The van der Waals surface area contributed by atoms with Gasteiger partial charge in [-0.2, -0.15) is 0 Å². The normalized spacial score (nSPS) is 12.0. The Morgan fingerprint density at radius 3 is 1.77 bits per heavy atom. The van der Waals surface area contributed by atoms with Crippen LogP contribution in [0.25, 0.3) is 135 Å². The van der Waals surface area contributed by atoms with Crippen LogP contribution in [0, 0.1) is 0 Å². The monoisotopic (exact) mass is 862 g/mol. The van der Waals surface area contributed by atoms with E-state index in [0.29, 0.717) is 17.5 Å². The Morgan fingerprint density at radius 1 is 0.308 bits per heavy atom. The first-order valence-electron chi connectivity index (χ1n) is 21.8. The number of nitrogens with zero attached hydrogens (tertiary/aromatic N) is 4. The highest BCUT2D eigenvalue weighted by molar-refractivity contribution is 7.26.